The van der Waals surface area contributed by atoms with Gasteiger partial charge in [0.25, 0.3) is 0 Å². The van der Waals surface area contributed by atoms with E-state index in [1.165, 1.54) is 11.1 Å². The van der Waals surface area contributed by atoms with Crippen molar-refractivity contribution in [3.8, 4) is 0 Å². The molecule has 0 spiro atoms. The fourth-order valence-corrected chi connectivity index (χ4v) is 2.23. The highest BCUT2D eigenvalue weighted by atomic mass is 32.1. The van der Waals surface area contributed by atoms with Crippen molar-refractivity contribution in [3.05, 3.63) is 52.0 Å². The smallest absolute Gasteiger partial charge is 0.0794 e. The van der Waals surface area contributed by atoms with E-state index in [4.69, 9.17) is 5.73 Å². The van der Waals surface area contributed by atoms with E-state index in [0.29, 0.717) is 0 Å². The topological polar surface area (TPSA) is 38.9 Å². The Hall–Kier alpha value is -1.19. The molecule has 1 aromatic heterocycles. The van der Waals surface area contributed by atoms with E-state index >= 15 is 0 Å². The molecule has 2 nitrogen and oxygen atoms in total. The van der Waals surface area contributed by atoms with Crippen LogP contribution in [0.3, 0.4) is 0 Å². The van der Waals surface area contributed by atoms with Crippen molar-refractivity contribution >= 4 is 11.3 Å². The summed E-state index contributed by atoms with van der Waals surface area (Å²) >= 11 is 1.62. The molecular formula is C12H14N2S. The lowest BCUT2D eigenvalue weighted by atomic mass is 10.0. The number of nitrogens with zero attached hydrogens (tertiary/aromatic N) is 1. The second-order valence-electron chi connectivity index (χ2n) is 3.70. The number of rotatable bonds is 3. The third-order valence-electron chi connectivity index (χ3n) is 2.35. The summed E-state index contributed by atoms with van der Waals surface area (Å²) in [5, 5.41) is 0. The fraction of sp³-hybridized carbons (Fsp3) is 0.250. The first kappa shape index (κ1) is 10.3. The monoisotopic (exact) mass is 218 g/mol. The number of nitrogens with two attached hydrogens (primary N) is 1. The molecule has 0 aliphatic carbocycles. The maximum absolute atomic E-state index is 6.09. The predicted molar refractivity (Wildman–Crippen MR) is 63.9 cm³/mol. The van der Waals surface area contributed by atoms with Crippen LogP contribution in [-0.4, -0.2) is 4.98 Å². The molecule has 1 aromatic carbocycles. The summed E-state index contributed by atoms with van der Waals surface area (Å²) in [6, 6.07) is 8.54. The van der Waals surface area contributed by atoms with Gasteiger partial charge < -0.3 is 5.73 Å². The predicted octanol–water partition coefficient (Wildman–Crippen LogP) is 2.69. The number of hydrogen-bond donors (Lipinski definition) is 1. The zero-order valence-corrected chi connectivity index (χ0v) is 9.50. The van der Waals surface area contributed by atoms with Gasteiger partial charge in [-0.25, -0.2) is 0 Å². The zero-order valence-electron chi connectivity index (χ0n) is 8.68. The Morgan fingerprint density at radius 1 is 1.47 bits per heavy atom. The quantitative estimate of drug-likeness (QED) is 0.860. The lowest BCUT2D eigenvalue weighted by molar-refractivity contribution is 0.734. The van der Waals surface area contributed by atoms with Crippen molar-refractivity contribution in [1.82, 2.24) is 4.98 Å². The van der Waals surface area contributed by atoms with Gasteiger partial charge in [0, 0.05) is 17.1 Å². The summed E-state index contributed by atoms with van der Waals surface area (Å²) in [4.78, 5) is 5.19. The van der Waals surface area contributed by atoms with Crippen LogP contribution < -0.4 is 5.73 Å². The van der Waals surface area contributed by atoms with Gasteiger partial charge in [0.15, 0.2) is 0 Å². The molecule has 0 bridgehead atoms. The number of aryl methyl sites for hydroxylation is 1. The highest BCUT2D eigenvalue weighted by Crippen LogP contribution is 2.19. The molecule has 0 aliphatic heterocycles. The SMILES string of the molecule is Cc1cccc(CC(N)c2cncs2)c1. The maximum atomic E-state index is 6.09. The van der Waals surface area contributed by atoms with Gasteiger partial charge in [0.1, 0.15) is 0 Å². The van der Waals surface area contributed by atoms with Crippen molar-refractivity contribution < 1.29 is 0 Å². The molecule has 2 N–H and O–H groups in total. The van der Waals surface area contributed by atoms with Crippen LogP contribution in [0.4, 0.5) is 0 Å². The minimum atomic E-state index is 0.0688. The van der Waals surface area contributed by atoms with Crippen LogP contribution in [-0.2, 0) is 6.42 Å². The number of thiazole rings is 1. The molecule has 0 amide bonds. The van der Waals surface area contributed by atoms with E-state index in [0.717, 1.165) is 11.3 Å². The Bertz CT molecular complexity index is 423. The van der Waals surface area contributed by atoms with Gasteiger partial charge in [0.2, 0.25) is 0 Å². The Morgan fingerprint density at radius 3 is 3.00 bits per heavy atom. The zero-order chi connectivity index (χ0) is 10.7. The molecule has 2 aromatic rings. The summed E-state index contributed by atoms with van der Waals surface area (Å²) in [7, 11) is 0. The maximum Gasteiger partial charge on any atom is 0.0794 e. The normalized spacial score (nSPS) is 12.7. The fourth-order valence-electron chi connectivity index (χ4n) is 1.60. The largest absolute Gasteiger partial charge is 0.323 e. The highest BCUT2D eigenvalue weighted by Gasteiger charge is 2.08. The van der Waals surface area contributed by atoms with Crippen molar-refractivity contribution in [2.75, 3.05) is 0 Å². The summed E-state index contributed by atoms with van der Waals surface area (Å²) in [5.74, 6) is 0. The molecular weight excluding hydrogens is 204 g/mol. The molecule has 15 heavy (non-hydrogen) atoms. The highest BCUT2D eigenvalue weighted by molar-refractivity contribution is 7.09. The molecule has 0 saturated heterocycles. The van der Waals surface area contributed by atoms with Crippen LogP contribution in [0.1, 0.15) is 22.0 Å². The number of benzene rings is 1. The van der Waals surface area contributed by atoms with Gasteiger partial charge in [-0.2, -0.15) is 0 Å². The second-order valence-corrected chi connectivity index (χ2v) is 4.62. The first-order valence-corrected chi connectivity index (χ1v) is 5.83. The summed E-state index contributed by atoms with van der Waals surface area (Å²) in [6.07, 6.45) is 2.73. The third-order valence-corrected chi connectivity index (χ3v) is 3.26. The van der Waals surface area contributed by atoms with Gasteiger partial charge in [0.05, 0.1) is 5.51 Å². The Morgan fingerprint density at radius 2 is 2.33 bits per heavy atom. The van der Waals surface area contributed by atoms with Crippen LogP contribution in [0, 0.1) is 6.92 Å². The van der Waals surface area contributed by atoms with Crippen molar-refractivity contribution in [1.29, 1.82) is 0 Å². The van der Waals surface area contributed by atoms with E-state index in [-0.39, 0.29) is 6.04 Å². The Balaban J connectivity index is 2.09. The standard InChI is InChI=1S/C12H14N2S/c1-9-3-2-4-10(5-9)6-11(13)12-7-14-8-15-12/h2-5,7-8,11H,6,13H2,1H3. The van der Waals surface area contributed by atoms with Crippen LogP contribution in [0.15, 0.2) is 36.0 Å². The lowest BCUT2D eigenvalue weighted by Gasteiger charge is -2.09. The van der Waals surface area contributed by atoms with Crippen molar-refractivity contribution in [3.63, 3.8) is 0 Å². The van der Waals surface area contributed by atoms with Gasteiger partial charge in [-0.3, -0.25) is 4.98 Å². The molecule has 1 unspecified atom stereocenters. The van der Waals surface area contributed by atoms with Gasteiger partial charge in [-0.1, -0.05) is 29.8 Å². The number of hydrogen-bond acceptors (Lipinski definition) is 3. The van der Waals surface area contributed by atoms with Crippen LogP contribution in [0.5, 0.6) is 0 Å². The average molecular weight is 218 g/mol. The molecule has 1 heterocycles. The molecule has 0 radical (unpaired) electrons. The van der Waals surface area contributed by atoms with Gasteiger partial charge in [-0.05, 0) is 18.9 Å². The Kier molecular flexibility index (Phi) is 3.14. The average Bonchev–Trinajstić information content (AvgIpc) is 2.70. The van der Waals surface area contributed by atoms with Gasteiger partial charge >= 0.3 is 0 Å². The van der Waals surface area contributed by atoms with E-state index in [1.807, 2.05) is 11.7 Å². The van der Waals surface area contributed by atoms with E-state index in [2.05, 4.69) is 36.2 Å². The van der Waals surface area contributed by atoms with Crippen LogP contribution in [0.25, 0.3) is 0 Å². The summed E-state index contributed by atoms with van der Waals surface area (Å²) < 4.78 is 0. The molecule has 0 aliphatic rings. The third kappa shape index (κ3) is 2.64. The molecule has 0 saturated carbocycles. The summed E-state index contributed by atoms with van der Waals surface area (Å²) in [5.41, 5.74) is 10.5. The van der Waals surface area contributed by atoms with E-state index < -0.39 is 0 Å². The van der Waals surface area contributed by atoms with Crippen molar-refractivity contribution in [2.24, 2.45) is 5.73 Å². The lowest BCUT2D eigenvalue weighted by Crippen LogP contribution is -2.11. The first-order valence-electron chi connectivity index (χ1n) is 4.95. The van der Waals surface area contributed by atoms with Gasteiger partial charge in [-0.15, -0.1) is 11.3 Å². The molecule has 0 fully saturated rings. The molecule has 3 heteroatoms. The van der Waals surface area contributed by atoms with E-state index in [9.17, 15) is 0 Å². The first-order chi connectivity index (χ1) is 7.25. The molecule has 78 valence electrons. The molecule has 1 atom stereocenters. The van der Waals surface area contributed by atoms with Crippen LogP contribution >= 0.6 is 11.3 Å². The van der Waals surface area contributed by atoms with Crippen LogP contribution in [0.2, 0.25) is 0 Å². The number of aromatic nitrogens is 1. The summed E-state index contributed by atoms with van der Waals surface area (Å²) in [6.45, 7) is 2.10. The minimum Gasteiger partial charge on any atom is -0.323 e. The van der Waals surface area contributed by atoms with E-state index in [1.54, 1.807) is 11.3 Å². The Labute approximate surface area is 93.8 Å². The second kappa shape index (κ2) is 4.55. The van der Waals surface area contributed by atoms with Crippen molar-refractivity contribution in [2.45, 2.75) is 19.4 Å². The molecule has 2 rings (SSSR count). The minimum absolute atomic E-state index is 0.0688.